The van der Waals surface area contributed by atoms with E-state index in [1.54, 1.807) is 18.2 Å². The number of benzene rings is 1. The molecule has 0 bridgehead atoms. The van der Waals surface area contributed by atoms with E-state index in [2.05, 4.69) is 15.4 Å². The Hall–Kier alpha value is -3.37. The lowest BCUT2D eigenvalue weighted by Crippen LogP contribution is -2.34. The predicted molar refractivity (Wildman–Crippen MR) is 97.3 cm³/mol. The summed E-state index contributed by atoms with van der Waals surface area (Å²) in [5, 5.41) is 5.90. The van der Waals surface area contributed by atoms with Crippen LogP contribution in [0, 0.1) is 11.6 Å². The van der Waals surface area contributed by atoms with Gasteiger partial charge in [0.05, 0.1) is 11.7 Å². The quantitative estimate of drug-likeness (QED) is 0.522. The minimum atomic E-state index is -3.12. The monoisotopic (exact) mass is 442 g/mol. The second-order valence-electron chi connectivity index (χ2n) is 6.61. The summed E-state index contributed by atoms with van der Waals surface area (Å²) in [6.07, 6.45) is -4.81. The van der Waals surface area contributed by atoms with Crippen LogP contribution in [0.15, 0.2) is 48.7 Å². The van der Waals surface area contributed by atoms with Gasteiger partial charge in [0.2, 0.25) is 5.91 Å². The molecule has 0 aliphatic rings. The Morgan fingerprint density at radius 2 is 1.68 bits per heavy atom. The molecule has 31 heavy (non-hydrogen) atoms. The number of pyridine rings is 1. The second kappa shape index (κ2) is 9.63. The van der Waals surface area contributed by atoms with Crippen LogP contribution in [0.5, 0.6) is 0 Å². The maximum atomic E-state index is 13.5. The van der Waals surface area contributed by atoms with Crippen molar-refractivity contribution in [1.82, 2.24) is 20.1 Å². The SMILES string of the molecule is O=C(Cn1nc(C(F)F)cc1C(F)F)NC(Cc1cc(F)cc(F)c1)c1ccccn1. The first-order chi connectivity index (χ1) is 14.7. The molecule has 0 saturated heterocycles. The van der Waals surface area contributed by atoms with Gasteiger partial charge in [0, 0.05) is 12.3 Å². The van der Waals surface area contributed by atoms with E-state index in [4.69, 9.17) is 0 Å². The molecule has 1 atom stereocenters. The van der Waals surface area contributed by atoms with Crippen LogP contribution in [0.3, 0.4) is 0 Å². The Balaban J connectivity index is 1.82. The van der Waals surface area contributed by atoms with Gasteiger partial charge in [0.1, 0.15) is 29.6 Å². The lowest BCUT2D eigenvalue weighted by molar-refractivity contribution is -0.122. The van der Waals surface area contributed by atoms with Crippen molar-refractivity contribution in [2.45, 2.75) is 31.9 Å². The van der Waals surface area contributed by atoms with Crippen LogP contribution in [0.4, 0.5) is 26.3 Å². The lowest BCUT2D eigenvalue weighted by atomic mass is 10.0. The zero-order valence-corrected chi connectivity index (χ0v) is 15.8. The van der Waals surface area contributed by atoms with Gasteiger partial charge in [-0.3, -0.25) is 14.5 Å². The van der Waals surface area contributed by atoms with Crippen LogP contribution >= 0.6 is 0 Å². The molecule has 3 aromatic rings. The molecule has 0 saturated carbocycles. The third-order valence-corrected chi connectivity index (χ3v) is 4.31. The molecule has 2 aromatic heterocycles. The molecule has 0 radical (unpaired) electrons. The normalized spacial score (nSPS) is 12.4. The number of hydrogen-bond donors (Lipinski definition) is 1. The maximum absolute atomic E-state index is 13.5. The van der Waals surface area contributed by atoms with Gasteiger partial charge in [-0.1, -0.05) is 6.07 Å². The molecule has 0 aliphatic heterocycles. The van der Waals surface area contributed by atoms with Crippen LogP contribution in [-0.2, 0) is 17.8 Å². The number of carbonyl (C=O) groups excluding carboxylic acids is 1. The zero-order valence-electron chi connectivity index (χ0n) is 15.8. The fourth-order valence-electron chi connectivity index (χ4n) is 3.01. The second-order valence-corrected chi connectivity index (χ2v) is 6.61. The van der Waals surface area contributed by atoms with Crippen molar-refractivity contribution in [1.29, 1.82) is 0 Å². The molecule has 1 aromatic carbocycles. The summed E-state index contributed by atoms with van der Waals surface area (Å²) >= 11 is 0. The molecule has 0 aliphatic carbocycles. The number of halogens is 6. The van der Waals surface area contributed by atoms with Crippen LogP contribution in [0.1, 0.15) is 41.5 Å². The summed E-state index contributed by atoms with van der Waals surface area (Å²) in [5.41, 5.74) is -1.13. The van der Waals surface area contributed by atoms with E-state index in [1.165, 1.54) is 6.20 Å². The van der Waals surface area contributed by atoms with E-state index in [9.17, 15) is 31.1 Å². The van der Waals surface area contributed by atoms with Crippen LogP contribution < -0.4 is 5.32 Å². The van der Waals surface area contributed by atoms with E-state index in [0.29, 0.717) is 22.5 Å². The Bertz CT molecular complexity index is 1020. The Kier molecular flexibility index (Phi) is 6.93. The average Bonchev–Trinajstić information content (AvgIpc) is 3.12. The fraction of sp³-hybridized carbons (Fsp3) is 0.250. The van der Waals surface area contributed by atoms with Crippen molar-refractivity contribution in [2.75, 3.05) is 0 Å². The molecule has 164 valence electrons. The standard InChI is InChI=1S/C20H16F6N4O/c21-12-5-11(6-13(22)8-12)7-15(14-3-1-2-4-27-14)28-18(31)10-30-17(20(25)26)9-16(29-30)19(23)24/h1-6,8-9,15,19-20H,7,10H2,(H,28,31). The molecule has 1 N–H and O–H groups in total. The van der Waals surface area contributed by atoms with Crippen molar-refractivity contribution in [3.63, 3.8) is 0 Å². The number of carbonyl (C=O) groups is 1. The number of alkyl halides is 4. The lowest BCUT2D eigenvalue weighted by Gasteiger charge is -2.19. The number of rotatable bonds is 8. The van der Waals surface area contributed by atoms with Crippen molar-refractivity contribution in [3.05, 3.63) is 82.9 Å². The number of nitrogens with one attached hydrogen (secondary N) is 1. The molecule has 1 amide bonds. The first-order valence-electron chi connectivity index (χ1n) is 9.02. The maximum Gasteiger partial charge on any atom is 0.282 e. The third kappa shape index (κ3) is 5.83. The molecule has 3 rings (SSSR count). The summed E-state index contributed by atoms with van der Waals surface area (Å²) in [6, 6.07) is 7.35. The van der Waals surface area contributed by atoms with Crippen molar-refractivity contribution < 1.29 is 31.1 Å². The van der Waals surface area contributed by atoms with Crippen LogP contribution in [0.25, 0.3) is 0 Å². The Morgan fingerprint density at radius 1 is 0.968 bits per heavy atom. The third-order valence-electron chi connectivity index (χ3n) is 4.31. The summed E-state index contributed by atoms with van der Waals surface area (Å²) in [4.78, 5) is 16.6. The summed E-state index contributed by atoms with van der Waals surface area (Å²) in [6.45, 7) is -0.757. The van der Waals surface area contributed by atoms with Gasteiger partial charge in [-0.05, 0) is 42.3 Å². The minimum absolute atomic E-state index is 0.0550. The highest BCUT2D eigenvalue weighted by atomic mass is 19.3. The fourth-order valence-corrected chi connectivity index (χ4v) is 3.01. The van der Waals surface area contributed by atoms with E-state index < -0.39 is 54.4 Å². The van der Waals surface area contributed by atoms with Crippen molar-refractivity contribution in [3.8, 4) is 0 Å². The average molecular weight is 442 g/mol. The van der Waals surface area contributed by atoms with E-state index in [0.717, 1.165) is 12.1 Å². The van der Waals surface area contributed by atoms with Gasteiger partial charge in [-0.15, -0.1) is 0 Å². The molecule has 1 unspecified atom stereocenters. The van der Waals surface area contributed by atoms with Gasteiger partial charge in [-0.25, -0.2) is 26.3 Å². The molecule has 0 spiro atoms. The highest BCUT2D eigenvalue weighted by Gasteiger charge is 2.24. The first-order valence-corrected chi connectivity index (χ1v) is 9.02. The predicted octanol–water partition coefficient (Wildman–Crippen LogP) is 4.53. The molecular formula is C20H16F6N4O. The number of aromatic nitrogens is 3. The van der Waals surface area contributed by atoms with Crippen LogP contribution in [-0.4, -0.2) is 20.7 Å². The Labute approximate surface area is 172 Å². The molecule has 2 heterocycles. The Morgan fingerprint density at radius 3 is 2.26 bits per heavy atom. The topological polar surface area (TPSA) is 59.8 Å². The summed E-state index contributed by atoms with van der Waals surface area (Å²) in [5.74, 6) is -2.43. The number of amides is 1. The van der Waals surface area contributed by atoms with Crippen molar-refractivity contribution in [2.24, 2.45) is 0 Å². The summed E-state index contributed by atoms with van der Waals surface area (Å²) < 4.78 is 79.4. The summed E-state index contributed by atoms with van der Waals surface area (Å²) in [7, 11) is 0. The van der Waals surface area contributed by atoms with Gasteiger partial charge in [-0.2, -0.15) is 5.10 Å². The highest BCUT2D eigenvalue weighted by Crippen LogP contribution is 2.25. The van der Waals surface area contributed by atoms with Gasteiger partial charge < -0.3 is 5.32 Å². The van der Waals surface area contributed by atoms with E-state index in [-0.39, 0.29) is 12.0 Å². The minimum Gasteiger partial charge on any atom is -0.346 e. The molecular weight excluding hydrogens is 426 g/mol. The largest absolute Gasteiger partial charge is 0.346 e. The number of nitrogens with zero attached hydrogens (tertiary/aromatic N) is 3. The number of hydrogen-bond acceptors (Lipinski definition) is 3. The molecule has 0 fully saturated rings. The smallest absolute Gasteiger partial charge is 0.282 e. The van der Waals surface area contributed by atoms with E-state index in [1.807, 2.05) is 0 Å². The first kappa shape index (κ1) is 22.3. The molecule has 11 heteroatoms. The van der Waals surface area contributed by atoms with Gasteiger partial charge in [0.15, 0.2) is 0 Å². The highest BCUT2D eigenvalue weighted by molar-refractivity contribution is 5.76. The van der Waals surface area contributed by atoms with E-state index >= 15 is 0 Å². The van der Waals surface area contributed by atoms with Crippen molar-refractivity contribution >= 4 is 5.91 Å². The van der Waals surface area contributed by atoms with Gasteiger partial charge >= 0.3 is 0 Å². The molecule has 5 nitrogen and oxygen atoms in total. The van der Waals surface area contributed by atoms with Gasteiger partial charge in [0.25, 0.3) is 12.9 Å². The van der Waals surface area contributed by atoms with Crippen LogP contribution in [0.2, 0.25) is 0 Å². The zero-order chi connectivity index (χ0) is 22.5.